The Morgan fingerprint density at radius 1 is 1.08 bits per heavy atom. The first-order chi connectivity index (χ1) is 12.4. The third kappa shape index (κ3) is 4.41. The average molecular weight is 369 g/mol. The molecule has 0 aliphatic carbocycles. The van der Waals surface area contributed by atoms with Crippen LogP contribution in [0.4, 0.5) is 5.13 Å². The van der Waals surface area contributed by atoms with Crippen molar-refractivity contribution in [2.75, 3.05) is 11.9 Å². The Hall–Kier alpha value is -2.40. The van der Waals surface area contributed by atoms with E-state index in [1.165, 1.54) is 22.5 Å². The van der Waals surface area contributed by atoms with E-state index in [4.69, 9.17) is 4.74 Å². The molecular formula is C21H24N2O2S. The molecular weight excluding hydrogens is 344 g/mol. The summed E-state index contributed by atoms with van der Waals surface area (Å²) < 4.78 is 6.91. The zero-order valence-electron chi connectivity index (χ0n) is 15.7. The van der Waals surface area contributed by atoms with Crippen molar-refractivity contribution < 1.29 is 9.53 Å². The van der Waals surface area contributed by atoms with E-state index in [0.717, 1.165) is 27.1 Å². The van der Waals surface area contributed by atoms with Gasteiger partial charge in [0.2, 0.25) is 5.91 Å². The van der Waals surface area contributed by atoms with E-state index < -0.39 is 0 Å². The molecule has 5 heteroatoms. The first-order valence-electron chi connectivity index (χ1n) is 8.80. The topological polar surface area (TPSA) is 51.2 Å². The van der Waals surface area contributed by atoms with Crippen LogP contribution >= 0.6 is 11.3 Å². The first-order valence-corrected chi connectivity index (χ1v) is 9.62. The van der Waals surface area contributed by atoms with Gasteiger partial charge in [-0.1, -0.05) is 29.5 Å². The fraction of sp³-hybridized carbons (Fsp3) is 0.333. The summed E-state index contributed by atoms with van der Waals surface area (Å²) in [6.45, 7) is 8.71. The molecule has 1 heterocycles. The molecule has 0 spiro atoms. The zero-order valence-corrected chi connectivity index (χ0v) is 16.5. The van der Waals surface area contributed by atoms with E-state index in [1.54, 1.807) is 0 Å². The van der Waals surface area contributed by atoms with Crippen molar-refractivity contribution in [3.05, 3.63) is 52.6 Å². The SMILES string of the molecule is Cc1ccc(C)c(OCCCC(=O)Nc2nc3c(C)cc(C)cc3s2)c1. The van der Waals surface area contributed by atoms with Gasteiger partial charge in [-0.15, -0.1) is 0 Å². The molecule has 0 aliphatic heterocycles. The highest BCUT2D eigenvalue weighted by Crippen LogP contribution is 2.29. The number of amides is 1. The Labute approximate surface area is 158 Å². The van der Waals surface area contributed by atoms with Crippen LogP contribution in [0.15, 0.2) is 30.3 Å². The van der Waals surface area contributed by atoms with E-state index in [1.807, 2.05) is 32.9 Å². The summed E-state index contributed by atoms with van der Waals surface area (Å²) in [6.07, 6.45) is 1.08. The lowest BCUT2D eigenvalue weighted by Gasteiger charge is -2.09. The minimum atomic E-state index is -0.0250. The highest BCUT2D eigenvalue weighted by molar-refractivity contribution is 7.22. The van der Waals surface area contributed by atoms with E-state index >= 15 is 0 Å². The van der Waals surface area contributed by atoms with Crippen molar-refractivity contribution in [1.29, 1.82) is 0 Å². The molecule has 0 bridgehead atoms. The molecule has 26 heavy (non-hydrogen) atoms. The van der Waals surface area contributed by atoms with Crippen LogP contribution in [0.2, 0.25) is 0 Å². The predicted molar refractivity (Wildman–Crippen MR) is 108 cm³/mol. The van der Waals surface area contributed by atoms with E-state index in [2.05, 4.69) is 35.4 Å². The fourth-order valence-corrected chi connectivity index (χ4v) is 3.94. The van der Waals surface area contributed by atoms with Crippen LogP contribution in [0.5, 0.6) is 5.75 Å². The number of carbonyl (C=O) groups is 1. The van der Waals surface area contributed by atoms with Crippen molar-refractivity contribution in [2.24, 2.45) is 0 Å². The maximum atomic E-state index is 12.2. The summed E-state index contributed by atoms with van der Waals surface area (Å²) in [5.74, 6) is 0.866. The summed E-state index contributed by atoms with van der Waals surface area (Å²) in [7, 11) is 0. The summed E-state index contributed by atoms with van der Waals surface area (Å²) >= 11 is 1.52. The molecule has 0 atom stereocenters. The molecule has 0 fully saturated rings. The fourth-order valence-electron chi connectivity index (χ4n) is 2.88. The molecule has 0 saturated carbocycles. The number of carbonyl (C=O) groups excluding carboxylic acids is 1. The van der Waals surface area contributed by atoms with Crippen LogP contribution in [0, 0.1) is 27.7 Å². The summed E-state index contributed by atoms with van der Waals surface area (Å²) in [6, 6.07) is 10.4. The lowest BCUT2D eigenvalue weighted by molar-refractivity contribution is -0.116. The lowest BCUT2D eigenvalue weighted by atomic mass is 10.1. The number of hydrogen-bond acceptors (Lipinski definition) is 4. The molecule has 4 nitrogen and oxygen atoms in total. The number of rotatable bonds is 6. The molecule has 0 unspecified atom stereocenters. The average Bonchev–Trinajstić information content (AvgIpc) is 2.97. The van der Waals surface area contributed by atoms with Gasteiger partial charge in [0.15, 0.2) is 5.13 Å². The minimum Gasteiger partial charge on any atom is -0.493 e. The number of anilines is 1. The standard InChI is InChI=1S/C21H24N2O2S/c1-13-7-8-15(3)17(11-13)25-9-5-6-19(24)22-21-23-20-16(4)10-14(2)12-18(20)26-21/h7-8,10-12H,5-6,9H2,1-4H3,(H,22,23,24). The van der Waals surface area contributed by atoms with Gasteiger partial charge in [-0.3, -0.25) is 4.79 Å². The Bertz CT molecular complexity index is 947. The Kier molecular flexibility index (Phi) is 5.57. The van der Waals surface area contributed by atoms with Gasteiger partial charge in [0, 0.05) is 6.42 Å². The Balaban J connectivity index is 1.51. The minimum absolute atomic E-state index is 0.0250. The van der Waals surface area contributed by atoms with Crippen LogP contribution < -0.4 is 10.1 Å². The second-order valence-corrected chi connectivity index (χ2v) is 7.75. The van der Waals surface area contributed by atoms with Crippen LogP contribution in [0.25, 0.3) is 10.2 Å². The second-order valence-electron chi connectivity index (χ2n) is 6.72. The number of ether oxygens (including phenoxy) is 1. The van der Waals surface area contributed by atoms with Gasteiger partial charge in [0.1, 0.15) is 5.75 Å². The summed E-state index contributed by atoms with van der Waals surface area (Å²) in [5.41, 5.74) is 5.60. The molecule has 1 aromatic heterocycles. The largest absolute Gasteiger partial charge is 0.493 e. The number of fused-ring (bicyclic) bond motifs is 1. The maximum absolute atomic E-state index is 12.2. The molecule has 0 aliphatic rings. The summed E-state index contributed by atoms with van der Waals surface area (Å²) in [5, 5.41) is 3.57. The normalized spacial score (nSPS) is 10.9. The predicted octanol–water partition coefficient (Wildman–Crippen LogP) is 5.33. The number of nitrogens with one attached hydrogen (secondary N) is 1. The van der Waals surface area contributed by atoms with Crippen molar-refractivity contribution in [2.45, 2.75) is 40.5 Å². The number of hydrogen-bond donors (Lipinski definition) is 1. The zero-order chi connectivity index (χ0) is 18.7. The van der Waals surface area contributed by atoms with Gasteiger partial charge >= 0.3 is 0 Å². The van der Waals surface area contributed by atoms with Crippen molar-refractivity contribution >= 4 is 32.6 Å². The van der Waals surface area contributed by atoms with Crippen molar-refractivity contribution in [1.82, 2.24) is 4.98 Å². The number of benzene rings is 2. The number of aryl methyl sites for hydroxylation is 4. The molecule has 0 saturated heterocycles. The number of thiazole rings is 1. The third-order valence-electron chi connectivity index (χ3n) is 4.23. The highest BCUT2D eigenvalue weighted by Gasteiger charge is 2.10. The molecule has 1 N–H and O–H groups in total. The lowest BCUT2D eigenvalue weighted by Crippen LogP contribution is -2.12. The van der Waals surface area contributed by atoms with Crippen molar-refractivity contribution in [3.63, 3.8) is 0 Å². The Morgan fingerprint density at radius 3 is 2.69 bits per heavy atom. The van der Waals surface area contributed by atoms with Gasteiger partial charge in [-0.05, 0) is 68.5 Å². The van der Waals surface area contributed by atoms with E-state index in [0.29, 0.717) is 24.6 Å². The van der Waals surface area contributed by atoms with Gasteiger partial charge < -0.3 is 10.1 Å². The van der Waals surface area contributed by atoms with Crippen LogP contribution in [-0.2, 0) is 4.79 Å². The molecule has 3 rings (SSSR count). The monoisotopic (exact) mass is 368 g/mol. The highest BCUT2D eigenvalue weighted by atomic mass is 32.1. The van der Waals surface area contributed by atoms with Crippen LogP contribution in [0.1, 0.15) is 35.1 Å². The molecule has 0 radical (unpaired) electrons. The second kappa shape index (κ2) is 7.87. The van der Waals surface area contributed by atoms with Gasteiger partial charge in [0.25, 0.3) is 0 Å². The molecule has 136 valence electrons. The van der Waals surface area contributed by atoms with E-state index in [9.17, 15) is 4.79 Å². The maximum Gasteiger partial charge on any atom is 0.226 e. The quantitative estimate of drug-likeness (QED) is 0.599. The van der Waals surface area contributed by atoms with E-state index in [-0.39, 0.29) is 5.91 Å². The summed E-state index contributed by atoms with van der Waals surface area (Å²) in [4.78, 5) is 16.7. The number of aromatic nitrogens is 1. The van der Waals surface area contributed by atoms with Crippen LogP contribution in [-0.4, -0.2) is 17.5 Å². The first kappa shape index (κ1) is 18.4. The van der Waals surface area contributed by atoms with Gasteiger partial charge in [-0.25, -0.2) is 4.98 Å². The molecule has 2 aromatic carbocycles. The smallest absolute Gasteiger partial charge is 0.226 e. The Morgan fingerprint density at radius 2 is 1.88 bits per heavy atom. The van der Waals surface area contributed by atoms with Gasteiger partial charge in [0.05, 0.1) is 16.8 Å². The third-order valence-corrected chi connectivity index (χ3v) is 5.14. The molecule has 3 aromatic rings. The molecule has 1 amide bonds. The van der Waals surface area contributed by atoms with Gasteiger partial charge in [-0.2, -0.15) is 0 Å². The number of nitrogens with zero attached hydrogens (tertiary/aromatic N) is 1. The van der Waals surface area contributed by atoms with Crippen LogP contribution in [0.3, 0.4) is 0 Å². The van der Waals surface area contributed by atoms with Crippen molar-refractivity contribution in [3.8, 4) is 5.75 Å².